The molecule has 0 atom stereocenters. The number of imidazole rings is 1. The summed E-state index contributed by atoms with van der Waals surface area (Å²) in [5, 5.41) is 0. The average Bonchev–Trinajstić information content (AvgIpc) is 2.73. The van der Waals surface area contributed by atoms with E-state index in [0.29, 0.717) is 24.8 Å². The van der Waals surface area contributed by atoms with Crippen LogP contribution in [0.2, 0.25) is 0 Å². The number of ether oxygens (including phenoxy) is 1. The molecule has 0 bridgehead atoms. The Morgan fingerprint density at radius 2 is 2.24 bits per heavy atom. The summed E-state index contributed by atoms with van der Waals surface area (Å²) >= 11 is 3.51. The van der Waals surface area contributed by atoms with Gasteiger partial charge in [0.2, 0.25) is 5.78 Å². The van der Waals surface area contributed by atoms with Gasteiger partial charge >= 0.3 is 6.09 Å². The molecule has 0 saturated carbocycles. The molecule has 0 aliphatic carbocycles. The van der Waals surface area contributed by atoms with Crippen LogP contribution in [0.5, 0.6) is 0 Å². The van der Waals surface area contributed by atoms with Gasteiger partial charge in [-0.2, -0.15) is 0 Å². The van der Waals surface area contributed by atoms with E-state index in [2.05, 4.69) is 25.9 Å². The second-order valence-electron chi connectivity index (χ2n) is 5.48. The van der Waals surface area contributed by atoms with E-state index < -0.39 is 0 Å². The first-order valence-corrected chi connectivity index (χ1v) is 7.54. The number of nitrogens with zero attached hydrogens (tertiary/aromatic N) is 4. The summed E-state index contributed by atoms with van der Waals surface area (Å²) < 4.78 is 7.85. The molecule has 0 radical (unpaired) electrons. The van der Waals surface area contributed by atoms with Gasteiger partial charge in [0, 0.05) is 19.4 Å². The quantitative estimate of drug-likeness (QED) is 0.846. The van der Waals surface area contributed by atoms with Gasteiger partial charge in [0.15, 0.2) is 0 Å². The summed E-state index contributed by atoms with van der Waals surface area (Å²) in [7, 11) is 1.69. The van der Waals surface area contributed by atoms with Crippen molar-refractivity contribution >= 4 is 27.8 Å². The lowest BCUT2D eigenvalue weighted by Crippen LogP contribution is -2.28. The smallest absolute Gasteiger partial charge is 0.409 e. The average molecular weight is 355 g/mol. The van der Waals surface area contributed by atoms with Crippen molar-refractivity contribution in [2.75, 3.05) is 13.7 Å². The minimum Gasteiger partial charge on any atom is -0.449 e. The summed E-state index contributed by atoms with van der Waals surface area (Å²) in [5.74, 6) is 0.919. The Kier molecular flexibility index (Phi) is 4.82. The van der Waals surface area contributed by atoms with Crippen molar-refractivity contribution in [3.8, 4) is 0 Å². The highest BCUT2D eigenvalue weighted by Gasteiger charge is 2.17. The molecule has 2 aromatic rings. The predicted molar refractivity (Wildman–Crippen MR) is 83.1 cm³/mol. The molecule has 6 nitrogen and oxygen atoms in total. The molecule has 2 rings (SSSR count). The van der Waals surface area contributed by atoms with Crippen LogP contribution in [0, 0.1) is 12.8 Å². The Hall–Kier alpha value is -1.63. The SMILES string of the molecule is Cc1cnc2nc(CN(C)C(=O)OCC(C)C)c(Br)n2c1. The van der Waals surface area contributed by atoms with Crippen LogP contribution in [0.1, 0.15) is 25.1 Å². The number of carbonyl (C=O) groups is 1. The highest BCUT2D eigenvalue weighted by molar-refractivity contribution is 9.10. The van der Waals surface area contributed by atoms with E-state index in [1.54, 1.807) is 13.2 Å². The van der Waals surface area contributed by atoms with E-state index in [0.717, 1.165) is 15.9 Å². The van der Waals surface area contributed by atoms with E-state index in [-0.39, 0.29) is 6.09 Å². The molecule has 0 spiro atoms. The molecule has 0 N–H and O–H groups in total. The lowest BCUT2D eigenvalue weighted by atomic mass is 10.2. The molecule has 114 valence electrons. The zero-order valence-electron chi connectivity index (χ0n) is 12.6. The third-order valence-electron chi connectivity index (χ3n) is 2.86. The van der Waals surface area contributed by atoms with Gasteiger partial charge in [-0.1, -0.05) is 13.8 Å². The minimum absolute atomic E-state index is 0.316. The van der Waals surface area contributed by atoms with E-state index in [1.165, 1.54) is 4.90 Å². The molecule has 0 aliphatic heterocycles. The molecular formula is C14H19BrN4O2. The van der Waals surface area contributed by atoms with E-state index in [4.69, 9.17) is 4.74 Å². The summed E-state index contributed by atoms with van der Waals surface area (Å²) in [6.45, 7) is 6.74. The topological polar surface area (TPSA) is 59.7 Å². The van der Waals surface area contributed by atoms with Gasteiger partial charge in [-0.3, -0.25) is 4.40 Å². The second-order valence-corrected chi connectivity index (χ2v) is 6.23. The molecule has 7 heteroatoms. The zero-order chi connectivity index (χ0) is 15.6. The Balaban J connectivity index is 2.12. The van der Waals surface area contributed by atoms with Crippen molar-refractivity contribution < 1.29 is 9.53 Å². The largest absolute Gasteiger partial charge is 0.449 e. The van der Waals surface area contributed by atoms with Crippen molar-refractivity contribution in [2.45, 2.75) is 27.3 Å². The predicted octanol–water partition coefficient (Wildman–Crippen LogP) is 3.02. The number of hydrogen-bond donors (Lipinski definition) is 0. The standard InChI is InChI=1S/C14H19BrN4O2/c1-9(2)8-21-14(20)18(4)7-11-12(15)19-6-10(3)5-16-13(19)17-11/h5-6,9H,7-8H2,1-4H3. The number of aryl methyl sites for hydroxylation is 1. The van der Waals surface area contributed by atoms with Crippen molar-refractivity contribution in [1.29, 1.82) is 0 Å². The van der Waals surface area contributed by atoms with Gasteiger partial charge in [-0.15, -0.1) is 0 Å². The van der Waals surface area contributed by atoms with Crippen LogP contribution in [0.15, 0.2) is 17.0 Å². The molecule has 2 aromatic heterocycles. The van der Waals surface area contributed by atoms with E-state index in [9.17, 15) is 4.79 Å². The highest BCUT2D eigenvalue weighted by Crippen LogP contribution is 2.19. The maximum atomic E-state index is 11.9. The molecule has 0 aliphatic rings. The van der Waals surface area contributed by atoms with Gasteiger partial charge in [-0.25, -0.2) is 14.8 Å². The molecule has 0 aromatic carbocycles. The first-order chi connectivity index (χ1) is 9.88. The zero-order valence-corrected chi connectivity index (χ0v) is 14.2. The molecule has 0 saturated heterocycles. The van der Waals surface area contributed by atoms with Crippen molar-refractivity contribution in [3.63, 3.8) is 0 Å². The van der Waals surface area contributed by atoms with Crippen LogP contribution in [0.3, 0.4) is 0 Å². The fraction of sp³-hybridized carbons (Fsp3) is 0.500. The van der Waals surface area contributed by atoms with Crippen LogP contribution in [0.4, 0.5) is 4.79 Å². The number of carbonyl (C=O) groups excluding carboxylic acids is 1. The van der Waals surface area contributed by atoms with Crippen LogP contribution < -0.4 is 0 Å². The van der Waals surface area contributed by atoms with Crippen LogP contribution in [-0.2, 0) is 11.3 Å². The van der Waals surface area contributed by atoms with Gasteiger partial charge in [0.25, 0.3) is 0 Å². The molecule has 0 unspecified atom stereocenters. The van der Waals surface area contributed by atoms with Gasteiger partial charge in [0.1, 0.15) is 4.60 Å². The third kappa shape index (κ3) is 3.72. The van der Waals surface area contributed by atoms with Crippen molar-refractivity contribution in [2.24, 2.45) is 5.92 Å². The monoisotopic (exact) mass is 354 g/mol. The lowest BCUT2D eigenvalue weighted by molar-refractivity contribution is 0.0976. The maximum absolute atomic E-state index is 11.9. The normalized spacial score (nSPS) is 11.1. The minimum atomic E-state index is -0.350. The first-order valence-electron chi connectivity index (χ1n) is 6.75. The maximum Gasteiger partial charge on any atom is 0.409 e. The number of halogens is 1. The summed E-state index contributed by atoms with van der Waals surface area (Å²) in [5.41, 5.74) is 1.79. The molecule has 0 fully saturated rings. The Labute approximate surface area is 132 Å². The Morgan fingerprint density at radius 3 is 2.90 bits per heavy atom. The molecule has 2 heterocycles. The van der Waals surface area contributed by atoms with Gasteiger partial charge in [-0.05, 0) is 34.3 Å². The third-order valence-corrected chi connectivity index (χ3v) is 3.69. The van der Waals surface area contributed by atoms with E-state index >= 15 is 0 Å². The Bertz CT molecular complexity index is 654. The van der Waals surface area contributed by atoms with Crippen LogP contribution in [-0.4, -0.2) is 39.0 Å². The summed E-state index contributed by atoms with van der Waals surface area (Å²) in [6.07, 6.45) is 3.36. The Morgan fingerprint density at radius 1 is 1.52 bits per heavy atom. The number of fused-ring (bicyclic) bond motifs is 1. The number of aromatic nitrogens is 3. The second kappa shape index (κ2) is 6.43. The molecule has 1 amide bonds. The van der Waals surface area contributed by atoms with Crippen LogP contribution >= 0.6 is 15.9 Å². The highest BCUT2D eigenvalue weighted by atomic mass is 79.9. The number of rotatable bonds is 4. The van der Waals surface area contributed by atoms with Gasteiger partial charge in [0.05, 0.1) is 18.8 Å². The van der Waals surface area contributed by atoms with Crippen molar-refractivity contribution in [1.82, 2.24) is 19.3 Å². The van der Waals surface area contributed by atoms with Gasteiger partial charge < -0.3 is 9.64 Å². The van der Waals surface area contributed by atoms with Crippen molar-refractivity contribution in [3.05, 3.63) is 28.3 Å². The van der Waals surface area contributed by atoms with Crippen LogP contribution in [0.25, 0.3) is 5.78 Å². The summed E-state index contributed by atoms with van der Waals surface area (Å²) in [4.78, 5) is 22.1. The summed E-state index contributed by atoms with van der Waals surface area (Å²) in [6, 6.07) is 0. The number of hydrogen-bond acceptors (Lipinski definition) is 4. The number of amides is 1. The fourth-order valence-corrected chi connectivity index (χ4v) is 2.26. The lowest BCUT2D eigenvalue weighted by Gasteiger charge is -2.16. The molecular weight excluding hydrogens is 336 g/mol. The first kappa shape index (κ1) is 15.8. The fourth-order valence-electron chi connectivity index (χ4n) is 1.79. The van der Waals surface area contributed by atoms with E-state index in [1.807, 2.05) is 31.4 Å². The molecule has 21 heavy (non-hydrogen) atoms.